The van der Waals surface area contributed by atoms with E-state index in [0.717, 1.165) is 12.8 Å². The standard InChI is InChI=1S/C12H20ClN3O2/c1-3-4-6-16-12(18)11(13)10(8-14-16)15-9(2)5-7-17/h8-9,15,17H,3-7H2,1-2H3. The average Bonchev–Trinajstić information content (AvgIpc) is 2.34. The van der Waals surface area contributed by atoms with Crippen molar-refractivity contribution in [2.75, 3.05) is 11.9 Å². The first-order valence-corrected chi connectivity index (χ1v) is 6.61. The van der Waals surface area contributed by atoms with E-state index in [0.29, 0.717) is 18.7 Å². The maximum absolute atomic E-state index is 11.9. The Morgan fingerprint density at radius 3 is 2.94 bits per heavy atom. The van der Waals surface area contributed by atoms with Gasteiger partial charge in [0.15, 0.2) is 0 Å². The maximum atomic E-state index is 11.9. The molecular formula is C12H20ClN3O2. The third kappa shape index (κ3) is 3.99. The second-order valence-corrected chi connectivity index (χ2v) is 4.69. The highest BCUT2D eigenvalue weighted by Gasteiger charge is 2.10. The summed E-state index contributed by atoms with van der Waals surface area (Å²) in [5.41, 5.74) is 0.252. The normalized spacial score (nSPS) is 12.4. The Labute approximate surface area is 112 Å². The maximum Gasteiger partial charge on any atom is 0.287 e. The molecule has 6 heteroatoms. The molecule has 2 N–H and O–H groups in total. The highest BCUT2D eigenvalue weighted by Crippen LogP contribution is 2.17. The van der Waals surface area contributed by atoms with Crippen LogP contribution in [-0.4, -0.2) is 27.5 Å². The molecule has 0 aliphatic heterocycles. The second-order valence-electron chi connectivity index (χ2n) is 4.31. The monoisotopic (exact) mass is 273 g/mol. The molecule has 0 fully saturated rings. The lowest BCUT2D eigenvalue weighted by molar-refractivity contribution is 0.282. The van der Waals surface area contributed by atoms with Crippen LogP contribution < -0.4 is 10.9 Å². The van der Waals surface area contributed by atoms with Crippen LogP contribution in [0.5, 0.6) is 0 Å². The van der Waals surface area contributed by atoms with Gasteiger partial charge in [-0.1, -0.05) is 24.9 Å². The van der Waals surface area contributed by atoms with Crippen LogP contribution in [0.2, 0.25) is 5.02 Å². The molecule has 5 nitrogen and oxygen atoms in total. The van der Waals surface area contributed by atoms with Crippen LogP contribution in [-0.2, 0) is 6.54 Å². The SMILES string of the molecule is CCCCn1ncc(NC(C)CCO)c(Cl)c1=O. The lowest BCUT2D eigenvalue weighted by atomic mass is 10.2. The Hall–Kier alpha value is -1.07. The number of aromatic nitrogens is 2. The van der Waals surface area contributed by atoms with Gasteiger partial charge in [0.2, 0.25) is 0 Å². The van der Waals surface area contributed by atoms with Gasteiger partial charge in [-0.3, -0.25) is 4.79 Å². The highest BCUT2D eigenvalue weighted by molar-refractivity contribution is 6.32. The minimum absolute atomic E-state index is 0.0418. The van der Waals surface area contributed by atoms with Crippen molar-refractivity contribution >= 4 is 17.3 Å². The van der Waals surface area contributed by atoms with Crippen LogP contribution in [0.3, 0.4) is 0 Å². The van der Waals surface area contributed by atoms with Gasteiger partial charge in [0.25, 0.3) is 5.56 Å². The van der Waals surface area contributed by atoms with Crippen molar-refractivity contribution in [2.24, 2.45) is 0 Å². The molecule has 1 rings (SSSR count). The molecule has 0 saturated heterocycles. The number of nitrogens with zero attached hydrogens (tertiary/aromatic N) is 2. The molecule has 1 atom stereocenters. The van der Waals surface area contributed by atoms with Crippen molar-refractivity contribution < 1.29 is 5.11 Å². The van der Waals surface area contributed by atoms with E-state index >= 15 is 0 Å². The number of aliphatic hydroxyl groups is 1. The summed E-state index contributed by atoms with van der Waals surface area (Å²) in [6.07, 6.45) is 4.05. The number of anilines is 1. The molecule has 0 aliphatic carbocycles. The zero-order valence-electron chi connectivity index (χ0n) is 10.8. The van der Waals surface area contributed by atoms with Crippen LogP contribution in [0, 0.1) is 0 Å². The summed E-state index contributed by atoms with van der Waals surface area (Å²) < 4.78 is 1.38. The van der Waals surface area contributed by atoms with Gasteiger partial charge in [-0.05, 0) is 19.8 Å². The Kier molecular flexibility index (Phi) is 6.15. The van der Waals surface area contributed by atoms with Gasteiger partial charge >= 0.3 is 0 Å². The number of rotatable bonds is 7. The first kappa shape index (κ1) is 15.0. The predicted molar refractivity (Wildman–Crippen MR) is 73.2 cm³/mol. The minimum Gasteiger partial charge on any atom is -0.396 e. The first-order chi connectivity index (χ1) is 8.60. The van der Waals surface area contributed by atoms with Crippen molar-refractivity contribution in [2.45, 2.75) is 45.7 Å². The van der Waals surface area contributed by atoms with Gasteiger partial charge in [-0.15, -0.1) is 0 Å². The molecule has 1 aromatic heterocycles. The van der Waals surface area contributed by atoms with Crippen LogP contribution in [0.1, 0.15) is 33.1 Å². The largest absolute Gasteiger partial charge is 0.396 e. The third-order valence-corrected chi connectivity index (χ3v) is 3.04. The zero-order chi connectivity index (χ0) is 13.5. The summed E-state index contributed by atoms with van der Waals surface area (Å²) in [5.74, 6) is 0. The molecule has 1 heterocycles. The Morgan fingerprint density at radius 2 is 2.33 bits per heavy atom. The van der Waals surface area contributed by atoms with Crippen LogP contribution >= 0.6 is 11.6 Å². The number of aryl methyl sites for hydroxylation is 1. The van der Waals surface area contributed by atoms with Crippen molar-refractivity contribution in [1.29, 1.82) is 0 Å². The molecule has 0 aliphatic rings. The van der Waals surface area contributed by atoms with Crippen LogP contribution in [0.15, 0.2) is 11.0 Å². The zero-order valence-corrected chi connectivity index (χ0v) is 11.6. The van der Waals surface area contributed by atoms with Gasteiger partial charge < -0.3 is 10.4 Å². The van der Waals surface area contributed by atoms with Gasteiger partial charge in [0, 0.05) is 19.2 Å². The second kappa shape index (κ2) is 7.38. The number of hydrogen-bond donors (Lipinski definition) is 2. The number of hydrogen-bond acceptors (Lipinski definition) is 4. The lowest BCUT2D eigenvalue weighted by Gasteiger charge is -2.15. The first-order valence-electron chi connectivity index (χ1n) is 6.23. The molecular weight excluding hydrogens is 254 g/mol. The average molecular weight is 274 g/mol. The van der Waals surface area contributed by atoms with Crippen molar-refractivity contribution in [1.82, 2.24) is 9.78 Å². The summed E-state index contributed by atoms with van der Waals surface area (Å²) in [5, 5.41) is 16.1. The van der Waals surface area contributed by atoms with E-state index in [-0.39, 0.29) is 23.2 Å². The van der Waals surface area contributed by atoms with Crippen LogP contribution in [0.25, 0.3) is 0 Å². The third-order valence-electron chi connectivity index (χ3n) is 2.67. The van der Waals surface area contributed by atoms with Gasteiger partial charge in [-0.25, -0.2) is 4.68 Å². The lowest BCUT2D eigenvalue weighted by Crippen LogP contribution is -2.26. The molecule has 0 saturated carbocycles. The smallest absolute Gasteiger partial charge is 0.287 e. The molecule has 18 heavy (non-hydrogen) atoms. The van der Waals surface area contributed by atoms with Gasteiger partial charge in [-0.2, -0.15) is 5.10 Å². The number of halogens is 1. The molecule has 0 spiro atoms. The van der Waals surface area contributed by atoms with Crippen molar-refractivity contribution in [3.63, 3.8) is 0 Å². The Morgan fingerprint density at radius 1 is 1.61 bits per heavy atom. The van der Waals surface area contributed by atoms with E-state index < -0.39 is 0 Å². The number of unbranched alkanes of at least 4 members (excludes halogenated alkanes) is 1. The van der Waals surface area contributed by atoms with Gasteiger partial charge in [0.1, 0.15) is 5.02 Å². The summed E-state index contributed by atoms with van der Waals surface area (Å²) in [6.45, 7) is 4.64. The van der Waals surface area contributed by atoms with E-state index in [1.807, 2.05) is 6.92 Å². The van der Waals surface area contributed by atoms with Gasteiger partial charge in [0.05, 0.1) is 11.9 Å². The van der Waals surface area contributed by atoms with E-state index in [1.54, 1.807) is 6.20 Å². The molecule has 0 bridgehead atoms. The highest BCUT2D eigenvalue weighted by atomic mass is 35.5. The summed E-state index contributed by atoms with van der Waals surface area (Å²) in [4.78, 5) is 11.9. The fourth-order valence-corrected chi connectivity index (χ4v) is 1.77. The molecule has 102 valence electrons. The minimum atomic E-state index is -0.272. The predicted octanol–water partition coefficient (Wildman–Crippen LogP) is 1.88. The molecule has 1 aromatic rings. The fraction of sp³-hybridized carbons (Fsp3) is 0.667. The molecule has 0 aromatic carbocycles. The summed E-state index contributed by atoms with van der Waals surface area (Å²) in [7, 11) is 0. The summed E-state index contributed by atoms with van der Waals surface area (Å²) in [6, 6.07) is 0.0418. The van der Waals surface area contributed by atoms with E-state index in [1.165, 1.54) is 4.68 Å². The number of aliphatic hydroxyl groups excluding tert-OH is 1. The molecule has 1 unspecified atom stereocenters. The summed E-state index contributed by atoms with van der Waals surface area (Å²) >= 11 is 6.02. The quantitative estimate of drug-likeness (QED) is 0.796. The van der Waals surface area contributed by atoms with Crippen LogP contribution in [0.4, 0.5) is 5.69 Å². The number of nitrogens with one attached hydrogen (secondary N) is 1. The Bertz CT molecular complexity index is 434. The Balaban J connectivity index is 2.83. The van der Waals surface area contributed by atoms with E-state index in [2.05, 4.69) is 17.3 Å². The van der Waals surface area contributed by atoms with Crippen molar-refractivity contribution in [3.05, 3.63) is 21.6 Å². The van der Waals surface area contributed by atoms with Crippen molar-refractivity contribution in [3.8, 4) is 0 Å². The van der Waals surface area contributed by atoms with E-state index in [4.69, 9.17) is 16.7 Å². The molecule has 0 radical (unpaired) electrons. The van der Waals surface area contributed by atoms with E-state index in [9.17, 15) is 4.79 Å². The topological polar surface area (TPSA) is 67.2 Å². The molecule has 0 amide bonds. The fourth-order valence-electron chi connectivity index (χ4n) is 1.56.